The lowest BCUT2D eigenvalue weighted by atomic mass is 10.3. The Kier molecular flexibility index (Phi) is 5.97. The molecule has 21 heavy (non-hydrogen) atoms. The maximum Gasteiger partial charge on any atom is 0.330 e. The lowest BCUT2D eigenvalue weighted by molar-refractivity contribution is -0.138. The fraction of sp³-hybridized carbons (Fsp3) is 0.125. The van der Waals surface area contributed by atoms with Crippen LogP contribution in [-0.2, 0) is 9.53 Å². The quantitative estimate of drug-likeness (QED) is 0.456. The van der Waals surface area contributed by atoms with E-state index in [0.717, 1.165) is 10.2 Å². The number of rotatable bonds is 6. The number of nitrogens with zero attached hydrogens (tertiary/aromatic N) is 1. The zero-order valence-electron chi connectivity index (χ0n) is 11.2. The van der Waals surface area contributed by atoms with Crippen molar-refractivity contribution in [2.75, 3.05) is 13.2 Å². The van der Waals surface area contributed by atoms with E-state index in [0.29, 0.717) is 12.3 Å². The molecule has 108 valence electrons. The van der Waals surface area contributed by atoms with E-state index >= 15 is 0 Å². The van der Waals surface area contributed by atoms with Crippen LogP contribution in [0.1, 0.15) is 5.69 Å². The van der Waals surface area contributed by atoms with Gasteiger partial charge in [-0.3, -0.25) is 4.98 Å². The second kappa shape index (κ2) is 8.21. The van der Waals surface area contributed by atoms with E-state index in [9.17, 15) is 4.79 Å². The van der Waals surface area contributed by atoms with Crippen molar-refractivity contribution in [2.45, 2.75) is 0 Å². The SMILES string of the molecule is O=C(/C=C/c1ccccn1)OCCOc1ccc(Br)cc1. The Morgan fingerprint density at radius 1 is 1.14 bits per heavy atom. The van der Waals surface area contributed by atoms with Crippen LogP contribution in [0.3, 0.4) is 0 Å². The summed E-state index contributed by atoms with van der Waals surface area (Å²) in [5.41, 5.74) is 0.709. The lowest BCUT2D eigenvalue weighted by Gasteiger charge is -2.06. The van der Waals surface area contributed by atoms with E-state index in [1.54, 1.807) is 18.3 Å². The zero-order valence-corrected chi connectivity index (χ0v) is 12.8. The van der Waals surface area contributed by atoms with Crippen LogP contribution in [0.2, 0.25) is 0 Å². The predicted molar refractivity (Wildman–Crippen MR) is 83.9 cm³/mol. The molecule has 0 aliphatic heterocycles. The number of halogens is 1. The fourth-order valence-corrected chi connectivity index (χ4v) is 1.77. The topological polar surface area (TPSA) is 48.4 Å². The number of hydrogen-bond acceptors (Lipinski definition) is 4. The number of ether oxygens (including phenoxy) is 2. The molecule has 1 aromatic heterocycles. The monoisotopic (exact) mass is 347 g/mol. The average Bonchev–Trinajstić information content (AvgIpc) is 2.52. The third-order valence-electron chi connectivity index (χ3n) is 2.49. The van der Waals surface area contributed by atoms with Gasteiger partial charge in [-0.15, -0.1) is 0 Å². The van der Waals surface area contributed by atoms with Crippen LogP contribution < -0.4 is 4.74 Å². The van der Waals surface area contributed by atoms with Gasteiger partial charge in [0.1, 0.15) is 19.0 Å². The number of carbonyl (C=O) groups is 1. The molecule has 0 N–H and O–H groups in total. The summed E-state index contributed by atoms with van der Waals surface area (Å²) in [6.45, 7) is 0.506. The molecule has 0 bridgehead atoms. The molecule has 0 radical (unpaired) electrons. The summed E-state index contributed by atoms with van der Waals surface area (Å²) in [6.07, 6.45) is 4.62. The van der Waals surface area contributed by atoms with E-state index in [4.69, 9.17) is 9.47 Å². The summed E-state index contributed by atoms with van der Waals surface area (Å²) in [5.74, 6) is 0.318. The number of esters is 1. The molecule has 0 unspecified atom stereocenters. The van der Waals surface area contributed by atoms with Crippen LogP contribution in [0.5, 0.6) is 5.75 Å². The fourth-order valence-electron chi connectivity index (χ4n) is 1.51. The Morgan fingerprint density at radius 2 is 1.95 bits per heavy atom. The Hall–Kier alpha value is -2.14. The highest BCUT2D eigenvalue weighted by Crippen LogP contribution is 2.15. The van der Waals surface area contributed by atoms with Gasteiger partial charge >= 0.3 is 5.97 Å². The molecule has 2 aromatic rings. The van der Waals surface area contributed by atoms with E-state index in [2.05, 4.69) is 20.9 Å². The van der Waals surface area contributed by atoms with E-state index in [-0.39, 0.29) is 6.61 Å². The van der Waals surface area contributed by atoms with Crippen LogP contribution >= 0.6 is 15.9 Å². The molecule has 5 heteroatoms. The van der Waals surface area contributed by atoms with Crippen molar-refractivity contribution in [3.8, 4) is 5.75 Å². The first-order valence-corrected chi connectivity index (χ1v) is 7.17. The second-order valence-corrected chi connectivity index (χ2v) is 4.97. The number of carbonyl (C=O) groups excluding carboxylic acids is 1. The number of benzene rings is 1. The van der Waals surface area contributed by atoms with Crippen molar-refractivity contribution in [1.29, 1.82) is 0 Å². The van der Waals surface area contributed by atoms with Gasteiger partial charge in [0.25, 0.3) is 0 Å². The van der Waals surface area contributed by atoms with Crippen molar-refractivity contribution >= 4 is 28.0 Å². The van der Waals surface area contributed by atoms with Gasteiger partial charge in [0, 0.05) is 16.7 Å². The summed E-state index contributed by atoms with van der Waals surface area (Å²) < 4.78 is 11.4. The molecule has 0 saturated heterocycles. The van der Waals surface area contributed by atoms with E-state index < -0.39 is 5.97 Å². The van der Waals surface area contributed by atoms with Gasteiger partial charge < -0.3 is 9.47 Å². The molecule has 1 aromatic carbocycles. The highest BCUT2D eigenvalue weighted by atomic mass is 79.9. The standard InChI is InChI=1S/C16H14BrNO3/c17-13-4-7-15(8-5-13)20-11-12-21-16(19)9-6-14-3-1-2-10-18-14/h1-10H,11-12H2/b9-6+. The van der Waals surface area contributed by atoms with Crippen molar-refractivity contribution < 1.29 is 14.3 Å². The van der Waals surface area contributed by atoms with Crippen LogP contribution in [0.25, 0.3) is 6.08 Å². The maximum absolute atomic E-state index is 11.5. The van der Waals surface area contributed by atoms with E-state index in [1.165, 1.54) is 6.08 Å². The van der Waals surface area contributed by atoms with Gasteiger partial charge in [-0.25, -0.2) is 4.79 Å². The van der Waals surface area contributed by atoms with Crippen molar-refractivity contribution in [2.24, 2.45) is 0 Å². The third kappa shape index (κ3) is 5.79. The first-order valence-electron chi connectivity index (χ1n) is 6.38. The van der Waals surface area contributed by atoms with Gasteiger partial charge in [0.05, 0.1) is 5.69 Å². The van der Waals surface area contributed by atoms with Crippen molar-refractivity contribution in [3.63, 3.8) is 0 Å². The second-order valence-electron chi connectivity index (χ2n) is 4.06. The molecular formula is C16H14BrNO3. The Morgan fingerprint density at radius 3 is 2.67 bits per heavy atom. The van der Waals surface area contributed by atoms with E-state index in [1.807, 2.05) is 36.4 Å². The van der Waals surface area contributed by atoms with Gasteiger partial charge in [0.2, 0.25) is 0 Å². The summed E-state index contributed by atoms with van der Waals surface area (Å²) in [4.78, 5) is 15.5. The molecule has 0 atom stereocenters. The van der Waals surface area contributed by atoms with Gasteiger partial charge in [-0.1, -0.05) is 22.0 Å². The summed E-state index contributed by atoms with van der Waals surface area (Å²) >= 11 is 3.35. The highest BCUT2D eigenvalue weighted by molar-refractivity contribution is 9.10. The minimum atomic E-state index is -0.417. The summed E-state index contributed by atoms with van der Waals surface area (Å²) in [6, 6.07) is 12.9. The number of pyridine rings is 1. The molecule has 0 saturated carbocycles. The first kappa shape index (κ1) is 15.3. The number of hydrogen-bond donors (Lipinski definition) is 0. The lowest BCUT2D eigenvalue weighted by Crippen LogP contribution is -2.10. The number of aromatic nitrogens is 1. The Labute approximate surface area is 131 Å². The van der Waals surface area contributed by atoms with Crippen molar-refractivity contribution in [1.82, 2.24) is 4.98 Å². The largest absolute Gasteiger partial charge is 0.490 e. The first-order chi connectivity index (χ1) is 10.2. The molecule has 0 spiro atoms. The molecular weight excluding hydrogens is 334 g/mol. The smallest absolute Gasteiger partial charge is 0.330 e. The molecule has 0 fully saturated rings. The molecule has 2 rings (SSSR count). The van der Waals surface area contributed by atoms with Gasteiger partial charge in [0.15, 0.2) is 0 Å². The molecule has 4 nitrogen and oxygen atoms in total. The molecule has 1 heterocycles. The van der Waals surface area contributed by atoms with Crippen LogP contribution in [0, 0.1) is 0 Å². The minimum absolute atomic E-state index is 0.196. The van der Waals surface area contributed by atoms with Gasteiger partial charge in [-0.2, -0.15) is 0 Å². The van der Waals surface area contributed by atoms with Crippen LogP contribution in [0.15, 0.2) is 59.2 Å². The van der Waals surface area contributed by atoms with Gasteiger partial charge in [-0.05, 0) is 42.5 Å². The molecule has 0 amide bonds. The zero-order chi connectivity index (χ0) is 14.9. The molecule has 0 aliphatic carbocycles. The Bertz CT molecular complexity index is 597. The minimum Gasteiger partial charge on any atom is -0.490 e. The average molecular weight is 348 g/mol. The normalized spacial score (nSPS) is 10.5. The summed E-state index contributed by atoms with van der Waals surface area (Å²) in [5, 5.41) is 0. The van der Waals surface area contributed by atoms with Crippen LogP contribution in [-0.4, -0.2) is 24.2 Å². The summed E-state index contributed by atoms with van der Waals surface area (Å²) in [7, 11) is 0. The van der Waals surface area contributed by atoms with Crippen molar-refractivity contribution in [3.05, 3.63) is 64.9 Å². The molecule has 0 aliphatic rings. The van der Waals surface area contributed by atoms with Crippen LogP contribution in [0.4, 0.5) is 0 Å². The highest BCUT2D eigenvalue weighted by Gasteiger charge is 1.98. The Balaban J connectivity index is 1.67. The predicted octanol–water partition coefficient (Wildman–Crippen LogP) is 3.48. The third-order valence-corrected chi connectivity index (χ3v) is 3.02. The maximum atomic E-state index is 11.5.